The topological polar surface area (TPSA) is 102 Å². The maximum Gasteiger partial charge on any atom is 0.350 e. The zero-order valence-corrected chi connectivity index (χ0v) is 7.85. The minimum absolute atomic E-state index is 0.0460. The van der Waals surface area contributed by atoms with Crippen molar-refractivity contribution in [2.45, 2.75) is 6.92 Å². The van der Waals surface area contributed by atoms with Crippen molar-refractivity contribution in [2.24, 2.45) is 0 Å². The van der Waals surface area contributed by atoms with Crippen molar-refractivity contribution in [3.8, 4) is 0 Å². The summed E-state index contributed by atoms with van der Waals surface area (Å²) < 4.78 is 4.54. The van der Waals surface area contributed by atoms with Crippen molar-refractivity contribution in [1.29, 1.82) is 0 Å². The third-order valence-electron chi connectivity index (χ3n) is 1.60. The Morgan fingerprint density at radius 2 is 2.33 bits per heavy atom. The molecule has 0 aliphatic carbocycles. The lowest BCUT2D eigenvalue weighted by molar-refractivity contribution is -0.390. The molecular weight excluding hydrogens is 204 g/mol. The summed E-state index contributed by atoms with van der Waals surface area (Å²) in [6, 6.07) is 1.03. The molecule has 0 aliphatic heterocycles. The van der Waals surface area contributed by atoms with Gasteiger partial charge in [0.05, 0.1) is 12.8 Å². The van der Waals surface area contributed by atoms with Crippen LogP contribution in [-0.4, -0.2) is 22.5 Å². The van der Waals surface area contributed by atoms with Gasteiger partial charge >= 0.3 is 11.8 Å². The van der Waals surface area contributed by atoms with Crippen LogP contribution in [-0.2, 0) is 4.74 Å². The van der Waals surface area contributed by atoms with Crippen molar-refractivity contribution < 1.29 is 14.5 Å². The zero-order chi connectivity index (χ0) is 11.4. The first kappa shape index (κ1) is 10.9. The van der Waals surface area contributed by atoms with E-state index in [9.17, 15) is 19.7 Å². The van der Waals surface area contributed by atoms with E-state index in [4.69, 9.17) is 0 Å². The fraction of sp³-hybridized carbons (Fsp3) is 0.250. The second-order valence-corrected chi connectivity index (χ2v) is 2.54. The molecule has 0 amide bonds. The third-order valence-corrected chi connectivity index (χ3v) is 1.60. The minimum atomic E-state index is -0.994. The number of rotatable bonds is 3. The third kappa shape index (κ3) is 2.19. The van der Waals surface area contributed by atoms with Crippen LogP contribution in [0.1, 0.15) is 17.3 Å². The van der Waals surface area contributed by atoms with E-state index in [0.717, 1.165) is 12.3 Å². The number of ether oxygens (including phenoxy) is 1. The van der Waals surface area contributed by atoms with E-state index in [2.05, 4.69) is 9.72 Å². The molecule has 0 unspecified atom stereocenters. The molecule has 0 atom stereocenters. The van der Waals surface area contributed by atoms with Crippen LogP contribution in [0.25, 0.3) is 0 Å². The molecule has 1 heterocycles. The Hall–Kier alpha value is -2.18. The molecule has 1 rings (SSSR count). The van der Waals surface area contributed by atoms with Crippen LogP contribution >= 0.6 is 0 Å². The van der Waals surface area contributed by atoms with Crippen molar-refractivity contribution >= 4 is 11.8 Å². The van der Waals surface area contributed by atoms with E-state index in [-0.39, 0.29) is 6.61 Å². The number of aromatic nitrogens is 1. The summed E-state index contributed by atoms with van der Waals surface area (Å²) in [5.41, 5.74) is -1.32. The van der Waals surface area contributed by atoms with Crippen LogP contribution < -0.4 is 5.43 Å². The summed E-state index contributed by atoms with van der Waals surface area (Å²) in [6.07, 6.45) is 1.10. The number of carbonyl (C=O) groups is 1. The molecule has 0 fully saturated rings. The van der Waals surface area contributed by atoms with Gasteiger partial charge in [0.15, 0.2) is 5.56 Å². The van der Waals surface area contributed by atoms with Crippen LogP contribution in [0.5, 0.6) is 0 Å². The van der Waals surface area contributed by atoms with Crippen molar-refractivity contribution in [3.63, 3.8) is 0 Å². The maximum absolute atomic E-state index is 11.2. The van der Waals surface area contributed by atoms with Gasteiger partial charge in [0.2, 0.25) is 5.43 Å². The predicted molar refractivity (Wildman–Crippen MR) is 49.7 cm³/mol. The molecule has 0 saturated heterocycles. The molecule has 7 heteroatoms. The number of nitrogens with one attached hydrogen (secondary N) is 1. The monoisotopic (exact) mass is 212 g/mol. The number of H-pyrrole nitrogens is 1. The highest BCUT2D eigenvalue weighted by atomic mass is 16.6. The summed E-state index contributed by atoms with van der Waals surface area (Å²) in [7, 11) is 0. The molecular formula is C8H8N2O5. The number of hydrogen-bond acceptors (Lipinski definition) is 5. The van der Waals surface area contributed by atoms with Gasteiger partial charge in [-0.3, -0.25) is 4.79 Å². The fourth-order valence-corrected chi connectivity index (χ4v) is 1.01. The number of esters is 1. The summed E-state index contributed by atoms with van der Waals surface area (Å²) in [6.45, 7) is 1.59. The lowest BCUT2D eigenvalue weighted by Gasteiger charge is -2.01. The van der Waals surface area contributed by atoms with Gasteiger partial charge < -0.3 is 14.9 Å². The highest BCUT2D eigenvalue weighted by molar-refractivity contribution is 5.92. The molecule has 1 aromatic rings. The molecule has 0 aliphatic rings. The van der Waals surface area contributed by atoms with Crippen LogP contribution in [0.15, 0.2) is 17.1 Å². The number of pyridine rings is 1. The van der Waals surface area contributed by atoms with Crippen LogP contribution in [0, 0.1) is 10.1 Å². The van der Waals surface area contributed by atoms with Gasteiger partial charge in [-0.15, -0.1) is 0 Å². The molecule has 0 spiro atoms. The number of carbonyl (C=O) groups excluding carboxylic acids is 1. The largest absolute Gasteiger partial charge is 0.462 e. The first-order valence-corrected chi connectivity index (χ1v) is 4.11. The number of nitrogens with zero attached hydrogens (tertiary/aromatic N) is 1. The van der Waals surface area contributed by atoms with Gasteiger partial charge in [-0.25, -0.2) is 9.78 Å². The quantitative estimate of drug-likeness (QED) is 0.445. The van der Waals surface area contributed by atoms with E-state index in [1.807, 2.05) is 0 Å². The number of aromatic amines is 1. The fourth-order valence-electron chi connectivity index (χ4n) is 1.01. The summed E-state index contributed by atoms with van der Waals surface area (Å²) >= 11 is 0. The Kier molecular flexibility index (Phi) is 3.17. The van der Waals surface area contributed by atoms with Crippen molar-refractivity contribution in [2.75, 3.05) is 6.61 Å². The van der Waals surface area contributed by atoms with Crippen LogP contribution in [0.4, 0.5) is 5.82 Å². The molecule has 0 aromatic carbocycles. The van der Waals surface area contributed by atoms with E-state index in [1.165, 1.54) is 0 Å². The van der Waals surface area contributed by atoms with E-state index >= 15 is 0 Å². The Morgan fingerprint density at radius 3 is 2.87 bits per heavy atom. The standard InChI is InChI=1S/C8H8N2O5/c1-2-15-8(12)6-5(11)3-4-9-7(6)10(13)14/h3-4H,2H2,1H3,(H,9,11). The summed E-state index contributed by atoms with van der Waals surface area (Å²) in [5, 5.41) is 10.5. The molecule has 0 saturated carbocycles. The SMILES string of the molecule is CCOC(=O)c1c([N+](=O)[O-])[nH]ccc1=O. The molecule has 1 N–H and O–H groups in total. The van der Waals surface area contributed by atoms with Crippen molar-refractivity contribution in [3.05, 3.63) is 38.2 Å². The average Bonchev–Trinajstić information content (AvgIpc) is 2.17. The van der Waals surface area contributed by atoms with E-state index < -0.39 is 27.7 Å². The van der Waals surface area contributed by atoms with Gasteiger partial charge in [-0.2, -0.15) is 0 Å². The second kappa shape index (κ2) is 4.36. The molecule has 15 heavy (non-hydrogen) atoms. The number of nitro groups is 1. The molecule has 1 aromatic heterocycles. The molecule has 80 valence electrons. The van der Waals surface area contributed by atoms with Crippen LogP contribution in [0.2, 0.25) is 0 Å². The Morgan fingerprint density at radius 1 is 1.67 bits per heavy atom. The van der Waals surface area contributed by atoms with Gasteiger partial charge in [-0.1, -0.05) is 0 Å². The second-order valence-electron chi connectivity index (χ2n) is 2.54. The smallest absolute Gasteiger partial charge is 0.350 e. The first-order chi connectivity index (χ1) is 7.07. The Balaban J connectivity index is 3.31. The molecule has 0 bridgehead atoms. The summed E-state index contributed by atoms with van der Waals surface area (Å²) in [4.78, 5) is 34.4. The van der Waals surface area contributed by atoms with Crippen LogP contribution in [0.3, 0.4) is 0 Å². The van der Waals surface area contributed by atoms with Gasteiger partial charge in [0.25, 0.3) is 0 Å². The van der Waals surface area contributed by atoms with E-state index in [0.29, 0.717) is 0 Å². The van der Waals surface area contributed by atoms with Gasteiger partial charge in [-0.05, 0) is 11.8 Å². The summed E-state index contributed by atoms with van der Waals surface area (Å²) in [5.74, 6) is -1.65. The highest BCUT2D eigenvalue weighted by Gasteiger charge is 2.23. The minimum Gasteiger partial charge on any atom is -0.462 e. The van der Waals surface area contributed by atoms with Gasteiger partial charge in [0.1, 0.15) is 0 Å². The zero-order valence-electron chi connectivity index (χ0n) is 7.85. The van der Waals surface area contributed by atoms with E-state index in [1.54, 1.807) is 6.92 Å². The molecule has 7 nitrogen and oxygen atoms in total. The Bertz CT molecular complexity index is 451. The molecule has 0 radical (unpaired) electrons. The lowest BCUT2D eigenvalue weighted by Crippen LogP contribution is -2.19. The van der Waals surface area contributed by atoms with Crippen molar-refractivity contribution in [1.82, 2.24) is 4.98 Å². The lowest BCUT2D eigenvalue weighted by atomic mass is 10.2. The highest BCUT2D eigenvalue weighted by Crippen LogP contribution is 2.10. The average molecular weight is 212 g/mol. The van der Waals surface area contributed by atoms with Gasteiger partial charge in [0, 0.05) is 6.07 Å². The number of hydrogen-bond donors (Lipinski definition) is 1. The predicted octanol–water partition coefficient (Wildman–Crippen LogP) is 0.460. The maximum atomic E-state index is 11.2. The first-order valence-electron chi connectivity index (χ1n) is 4.11. The normalized spacial score (nSPS) is 9.67. The Labute approximate surface area is 83.8 Å².